The number of aromatic hydroxyl groups is 1. The van der Waals surface area contributed by atoms with Crippen molar-refractivity contribution in [3.8, 4) is 28.7 Å². The summed E-state index contributed by atoms with van der Waals surface area (Å²) in [5, 5.41) is 12.5. The molecule has 0 atom stereocenters. The highest BCUT2D eigenvalue weighted by Crippen LogP contribution is 2.39. The molecule has 0 bridgehead atoms. The Bertz CT molecular complexity index is 1230. The highest BCUT2D eigenvalue weighted by atomic mass is 79.9. The Morgan fingerprint density at radius 3 is 1.94 bits per heavy atom. The zero-order valence-electron chi connectivity index (χ0n) is 19.8. The van der Waals surface area contributed by atoms with Crippen LogP contribution in [0.5, 0.6) is 28.7 Å². The van der Waals surface area contributed by atoms with Crippen LogP contribution in [0.3, 0.4) is 0 Å². The van der Waals surface area contributed by atoms with Crippen LogP contribution in [0.2, 0.25) is 0 Å². The minimum Gasteiger partial charge on any atom is -0.508 e. The van der Waals surface area contributed by atoms with E-state index < -0.39 is 0 Å². The molecule has 3 aromatic rings. The van der Waals surface area contributed by atoms with Crippen molar-refractivity contribution < 1.29 is 28.8 Å². The van der Waals surface area contributed by atoms with Crippen molar-refractivity contribution in [2.45, 2.75) is 0 Å². The normalized spacial score (nSPS) is 11.0. The molecule has 0 aliphatic heterocycles. The predicted octanol–water partition coefficient (Wildman–Crippen LogP) is 6.17. The summed E-state index contributed by atoms with van der Waals surface area (Å²) >= 11 is 3.54. The number of phenolic OH excluding ortho intramolecular Hbond substituents is 1. The van der Waals surface area contributed by atoms with E-state index in [0.29, 0.717) is 34.2 Å². The van der Waals surface area contributed by atoms with Crippen LogP contribution < -0.4 is 24.3 Å². The maximum atomic E-state index is 12.4. The fourth-order valence-electron chi connectivity index (χ4n) is 3.34. The standard InChI is InChI=1S/C27H26BrNO6/c1-32-24-15-18(16-25(33-2)27(24)35-4)6-5-17-13-21(28)26(34-3)22(14-17)29-12-11-23(31)19-7-9-20(30)10-8-19/h5-16,29-30H,1-4H3/b6-5-,12-11-. The van der Waals surface area contributed by atoms with Crippen LogP contribution in [0.25, 0.3) is 12.2 Å². The number of ether oxygens (including phenoxy) is 4. The Kier molecular flexibility index (Phi) is 8.80. The first-order valence-corrected chi connectivity index (χ1v) is 11.3. The number of hydrogen-bond acceptors (Lipinski definition) is 7. The van der Waals surface area contributed by atoms with E-state index in [4.69, 9.17) is 18.9 Å². The SMILES string of the molecule is COc1cc(/C=C\c2cc(Br)c(OC)c(N/C=C\C(=O)c3ccc(O)cc3)c2)cc(OC)c1OC. The molecule has 0 radical (unpaired) electrons. The van der Waals surface area contributed by atoms with Crippen LogP contribution in [-0.4, -0.2) is 39.3 Å². The summed E-state index contributed by atoms with van der Waals surface area (Å²) in [7, 11) is 6.28. The lowest BCUT2D eigenvalue weighted by Crippen LogP contribution is -1.98. The van der Waals surface area contributed by atoms with E-state index in [2.05, 4.69) is 21.2 Å². The molecule has 3 aromatic carbocycles. The van der Waals surface area contributed by atoms with E-state index in [1.807, 2.05) is 36.4 Å². The number of nitrogens with one attached hydrogen (secondary N) is 1. The molecule has 2 N–H and O–H groups in total. The quantitative estimate of drug-likeness (QED) is 0.181. The minimum absolute atomic E-state index is 0.106. The maximum absolute atomic E-state index is 12.4. The van der Waals surface area contributed by atoms with Gasteiger partial charge in [-0.25, -0.2) is 0 Å². The highest BCUT2D eigenvalue weighted by Gasteiger charge is 2.13. The van der Waals surface area contributed by atoms with E-state index in [0.717, 1.165) is 15.6 Å². The molecule has 0 heterocycles. The van der Waals surface area contributed by atoms with Gasteiger partial charge in [-0.05, 0) is 75.6 Å². The Labute approximate surface area is 212 Å². The number of carbonyl (C=O) groups is 1. The van der Waals surface area contributed by atoms with Crippen LogP contribution in [0.1, 0.15) is 21.5 Å². The molecule has 8 heteroatoms. The number of anilines is 1. The fourth-order valence-corrected chi connectivity index (χ4v) is 3.98. The molecule has 182 valence electrons. The van der Waals surface area contributed by atoms with Gasteiger partial charge in [0.1, 0.15) is 5.75 Å². The van der Waals surface area contributed by atoms with Gasteiger partial charge in [-0.1, -0.05) is 12.2 Å². The van der Waals surface area contributed by atoms with E-state index in [9.17, 15) is 9.90 Å². The molecule has 0 aliphatic rings. The zero-order chi connectivity index (χ0) is 25.4. The lowest BCUT2D eigenvalue weighted by atomic mass is 10.1. The molecule has 0 aromatic heterocycles. The monoisotopic (exact) mass is 539 g/mol. The van der Waals surface area contributed by atoms with Crippen LogP contribution >= 0.6 is 15.9 Å². The van der Waals surface area contributed by atoms with Gasteiger partial charge in [0.05, 0.1) is 38.6 Å². The number of methoxy groups -OCH3 is 4. The second-order valence-corrected chi connectivity index (χ2v) is 8.12. The van der Waals surface area contributed by atoms with Crippen LogP contribution in [0.4, 0.5) is 5.69 Å². The van der Waals surface area contributed by atoms with Crippen LogP contribution in [0, 0.1) is 0 Å². The molecule has 7 nitrogen and oxygen atoms in total. The number of allylic oxidation sites excluding steroid dienone is 1. The molecule has 0 spiro atoms. The summed E-state index contributed by atoms with van der Waals surface area (Å²) < 4.78 is 22.5. The largest absolute Gasteiger partial charge is 0.508 e. The van der Waals surface area contributed by atoms with Gasteiger partial charge >= 0.3 is 0 Å². The summed E-state index contributed by atoms with van der Waals surface area (Å²) in [5.74, 6) is 2.15. The lowest BCUT2D eigenvalue weighted by molar-refractivity contribution is 0.104. The van der Waals surface area contributed by atoms with Gasteiger partial charge in [0.15, 0.2) is 23.0 Å². The van der Waals surface area contributed by atoms with Gasteiger partial charge in [0.2, 0.25) is 5.75 Å². The minimum atomic E-state index is -0.200. The molecule has 0 amide bonds. The Hall–Kier alpha value is -3.91. The third kappa shape index (κ3) is 6.36. The van der Waals surface area contributed by atoms with Crippen LogP contribution in [-0.2, 0) is 0 Å². The average molecular weight is 540 g/mol. The van der Waals surface area contributed by atoms with Crippen molar-refractivity contribution in [3.05, 3.63) is 82.0 Å². The number of carbonyl (C=O) groups excluding carboxylic acids is 1. The smallest absolute Gasteiger partial charge is 0.203 e. The first-order chi connectivity index (χ1) is 16.9. The topological polar surface area (TPSA) is 86.3 Å². The van der Waals surface area contributed by atoms with Crippen molar-refractivity contribution in [2.75, 3.05) is 33.8 Å². The first kappa shape index (κ1) is 25.7. The average Bonchev–Trinajstić information content (AvgIpc) is 2.86. The first-order valence-electron chi connectivity index (χ1n) is 10.5. The third-order valence-corrected chi connectivity index (χ3v) is 5.64. The summed E-state index contributed by atoms with van der Waals surface area (Å²) in [5.41, 5.74) is 2.88. The number of benzene rings is 3. The van der Waals surface area contributed by atoms with Crippen molar-refractivity contribution in [3.63, 3.8) is 0 Å². The summed E-state index contributed by atoms with van der Waals surface area (Å²) in [6.45, 7) is 0. The fraction of sp³-hybridized carbons (Fsp3) is 0.148. The predicted molar refractivity (Wildman–Crippen MR) is 141 cm³/mol. The van der Waals surface area contributed by atoms with Crippen molar-refractivity contribution in [1.29, 1.82) is 0 Å². The molecule has 0 aliphatic carbocycles. The van der Waals surface area contributed by atoms with Gasteiger partial charge in [-0.2, -0.15) is 0 Å². The summed E-state index contributed by atoms with van der Waals surface area (Å²) in [6, 6.07) is 13.6. The number of ketones is 1. The second-order valence-electron chi connectivity index (χ2n) is 7.26. The van der Waals surface area contributed by atoms with Gasteiger partial charge in [-0.15, -0.1) is 0 Å². The molecule has 0 fully saturated rings. The van der Waals surface area contributed by atoms with E-state index >= 15 is 0 Å². The van der Waals surface area contributed by atoms with E-state index in [1.54, 1.807) is 46.8 Å². The summed E-state index contributed by atoms with van der Waals surface area (Å²) in [6.07, 6.45) is 6.82. The van der Waals surface area contributed by atoms with Gasteiger partial charge < -0.3 is 29.4 Å². The number of phenols is 1. The van der Waals surface area contributed by atoms with Gasteiger partial charge in [0.25, 0.3) is 0 Å². The molecule has 0 saturated heterocycles. The van der Waals surface area contributed by atoms with Crippen molar-refractivity contribution in [2.24, 2.45) is 0 Å². The molecular weight excluding hydrogens is 514 g/mol. The molecule has 35 heavy (non-hydrogen) atoms. The summed E-state index contributed by atoms with van der Waals surface area (Å²) in [4.78, 5) is 12.4. The number of rotatable bonds is 10. The molecule has 0 saturated carbocycles. The van der Waals surface area contributed by atoms with Crippen molar-refractivity contribution >= 4 is 39.6 Å². The third-order valence-electron chi connectivity index (χ3n) is 5.05. The van der Waals surface area contributed by atoms with Crippen molar-refractivity contribution in [1.82, 2.24) is 0 Å². The molecule has 3 rings (SSSR count). The lowest BCUT2D eigenvalue weighted by Gasteiger charge is -2.13. The van der Waals surface area contributed by atoms with E-state index in [1.165, 1.54) is 18.2 Å². The van der Waals surface area contributed by atoms with Gasteiger partial charge in [-0.3, -0.25) is 4.79 Å². The Morgan fingerprint density at radius 2 is 1.40 bits per heavy atom. The highest BCUT2D eigenvalue weighted by molar-refractivity contribution is 9.10. The number of hydrogen-bond donors (Lipinski definition) is 2. The maximum Gasteiger partial charge on any atom is 0.203 e. The van der Waals surface area contributed by atoms with Gasteiger partial charge in [0, 0.05) is 17.8 Å². The second kappa shape index (κ2) is 12.0. The Balaban J connectivity index is 1.85. The molecule has 0 unspecified atom stereocenters. The zero-order valence-corrected chi connectivity index (χ0v) is 21.4. The van der Waals surface area contributed by atoms with E-state index in [-0.39, 0.29) is 11.5 Å². The number of halogens is 1. The molecular formula is C27H26BrNO6. The Morgan fingerprint density at radius 1 is 0.829 bits per heavy atom. The van der Waals surface area contributed by atoms with Crippen LogP contribution in [0.15, 0.2) is 65.3 Å².